The number of hydrogen-bond donors (Lipinski definition) is 14. The van der Waals surface area contributed by atoms with E-state index in [1.807, 2.05) is 24.3 Å². The van der Waals surface area contributed by atoms with Crippen LogP contribution in [0, 0.1) is 5.41 Å². The number of primary amides is 1. The Morgan fingerprint density at radius 3 is 2.26 bits per heavy atom. The van der Waals surface area contributed by atoms with Gasteiger partial charge in [0, 0.05) is 62.6 Å². The molecule has 1 aliphatic heterocycles. The van der Waals surface area contributed by atoms with Gasteiger partial charge < -0.3 is 63.8 Å². The lowest BCUT2D eigenvalue weighted by Crippen LogP contribution is -2.61. The predicted octanol–water partition coefficient (Wildman–Crippen LogP) is -1.92. The molecule has 22 nitrogen and oxygen atoms in total. The number of amides is 7. The van der Waals surface area contributed by atoms with Crippen molar-refractivity contribution >= 4 is 58.2 Å². The molecule has 0 aliphatic carbocycles. The number of benzene rings is 2. The van der Waals surface area contributed by atoms with E-state index in [0.29, 0.717) is 16.8 Å². The number of imidazole rings is 1. The minimum atomic E-state index is -1.64. The molecular formula is C44H60N14O8. The normalized spacial score (nSPS) is 23.3. The van der Waals surface area contributed by atoms with E-state index in [2.05, 4.69) is 57.5 Å². The van der Waals surface area contributed by atoms with Crippen molar-refractivity contribution in [2.45, 2.75) is 107 Å². The molecule has 7 atom stereocenters. The van der Waals surface area contributed by atoms with Crippen molar-refractivity contribution < 1.29 is 38.7 Å². The molecule has 22 heteroatoms. The number of rotatable bonds is 12. The van der Waals surface area contributed by atoms with Gasteiger partial charge in [-0.3, -0.25) is 44.3 Å². The van der Waals surface area contributed by atoms with Gasteiger partial charge in [0.2, 0.25) is 41.4 Å². The van der Waals surface area contributed by atoms with Crippen LogP contribution < -0.4 is 54.0 Å². The van der Waals surface area contributed by atoms with E-state index in [9.17, 15) is 38.7 Å². The first kappa shape index (κ1) is 49.7. The number of hydrogen-bond acceptors (Lipinski definition) is 11. The lowest BCUT2D eigenvalue weighted by molar-refractivity contribution is -0.134. The van der Waals surface area contributed by atoms with Crippen LogP contribution in [-0.2, 0) is 52.8 Å². The highest BCUT2D eigenvalue weighted by atomic mass is 16.3. The summed E-state index contributed by atoms with van der Waals surface area (Å²) in [5.41, 5.74) is 13.8. The van der Waals surface area contributed by atoms with Gasteiger partial charge in [-0.25, -0.2) is 4.98 Å². The molecule has 0 saturated carbocycles. The Kier molecular flexibility index (Phi) is 18.6. The van der Waals surface area contributed by atoms with Gasteiger partial charge in [0.15, 0.2) is 5.96 Å². The van der Waals surface area contributed by atoms with Crippen LogP contribution >= 0.6 is 0 Å². The minimum Gasteiger partial charge on any atom is -0.376 e. The molecule has 16 N–H and O–H groups in total. The van der Waals surface area contributed by atoms with Gasteiger partial charge in [0.05, 0.1) is 24.1 Å². The molecule has 2 aromatic carbocycles. The topological polar surface area (TPSA) is 356 Å². The maximum absolute atomic E-state index is 14.5. The highest BCUT2D eigenvalue weighted by molar-refractivity contribution is 5.95. The summed E-state index contributed by atoms with van der Waals surface area (Å²) in [6, 6.07) is 8.83. The molecule has 5 rings (SSSR count). The number of aliphatic hydroxyl groups is 1. The second kappa shape index (κ2) is 24.7. The fraction of sp³-hybridized carbons (Fsp3) is 0.432. The molecule has 2 aromatic heterocycles. The van der Waals surface area contributed by atoms with Gasteiger partial charge in [-0.05, 0) is 55.7 Å². The molecule has 354 valence electrons. The Morgan fingerprint density at radius 1 is 0.833 bits per heavy atom. The van der Waals surface area contributed by atoms with Crippen molar-refractivity contribution in [3.05, 3.63) is 90.1 Å². The molecule has 0 radical (unpaired) electrons. The number of aromatic nitrogens is 3. The molecule has 0 spiro atoms. The number of carbonyl (C=O) groups excluding carboxylic acids is 7. The number of aromatic amines is 2. The third-order valence-corrected chi connectivity index (χ3v) is 11.0. The predicted molar refractivity (Wildman–Crippen MR) is 243 cm³/mol. The number of carbonyl (C=O) groups is 7. The van der Waals surface area contributed by atoms with Crippen LogP contribution in [0.3, 0.4) is 0 Å². The Labute approximate surface area is 380 Å². The van der Waals surface area contributed by atoms with E-state index in [0.717, 1.165) is 10.9 Å². The Hall–Kier alpha value is -7.33. The molecule has 1 fully saturated rings. The number of aliphatic hydroxyl groups excluding tert-OH is 1. The van der Waals surface area contributed by atoms with E-state index < -0.39 is 83.8 Å². The lowest BCUT2D eigenvalue weighted by atomic mass is 10.0. The van der Waals surface area contributed by atoms with Gasteiger partial charge in [0.25, 0.3) is 0 Å². The van der Waals surface area contributed by atoms with E-state index >= 15 is 0 Å². The molecule has 1 unspecified atom stereocenters. The number of fused-ring (bicyclic) bond motifs is 1. The van der Waals surface area contributed by atoms with Crippen LogP contribution in [0.1, 0.15) is 62.3 Å². The summed E-state index contributed by atoms with van der Waals surface area (Å²) in [5.74, 6) is -5.11. The second-order valence-electron chi connectivity index (χ2n) is 16.1. The summed E-state index contributed by atoms with van der Waals surface area (Å²) in [4.78, 5) is 105. The Morgan fingerprint density at radius 2 is 1.55 bits per heavy atom. The summed E-state index contributed by atoms with van der Waals surface area (Å²) < 4.78 is 0. The summed E-state index contributed by atoms with van der Waals surface area (Å²) in [6.07, 6.45) is 3.08. The molecule has 0 bridgehead atoms. The summed E-state index contributed by atoms with van der Waals surface area (Å²) in [7, 11) is 0. The second-order valence-corrected chi connectivity index (χ2v) is 16.1. The molecule has 4 aromatic rings. The molecule has 7 amide bonds. The molecule has 1 aliphatic rings. The van der Waals surface area contributed by atoms with Crippen molar-refractivity contribution in [1.82, 2.24) is 57.5 Å². The van der Waals surface area contributed by atoms with Crippen LogP contribution in [0.4, 0.5) is 0 Å². The molecule has 3 heterocycles. The Bertz CT molecular complexity index is 2290. The number of para-hydroxylation sites is 1. The smallest absolute Gasteiger partial charge is 0.243 e. The zero-order chi connectivity index (χ0) is 47.6. The SMILES string of the molecule is CC(=O)N[C@H]1CCC(=O)NCCC[C@@H](C(N)=O)NC(=O)[C@H](Cc2c[nH]c3ccccc23)NC(=O)[C@H](CCCNC(=N)N)NC(=O)[C@@H](Cc2ccccc2)NC(O)[C@H](Cc2c[nH]cn2)NC1=O. The summed E-state index contributed by atoms with van der Waals surface area (Å²) in [6.45, 7) is 1.44. The fourth-order valence-corrected chi connectivity index (χ4v) is 7.59. The fourth-order valence-electron chi connectivity index (χ4n) is 7.59. The number of nitrogens with one attached hydrogen (secondary N) is 11. The maximum Gasteiger partial charge on any atom is 0.243 e. The van der Waals surface area contributed by atoms with Crippen LogP contribution in [0.2, 0.25) is 0 Å². The van der Waals surface area contributed by atoms with Crippen LogP contribution in [0.5, 0.6) is 0 Å². The first-order valence-corrected chi connectivity index (χ1v) is 21.8. The van der Waals surface area contributed by atoms with E-state index in [4.69, 9.17) is 16.9 Å². The zero-order valence-electron chi connectivity index (χ0n) is 36.7. The summed E-state index contributed by atoms with van der Waals surface area (Å²) >= 11 is 0. The van der Waals surface area contributed by atoms with E-state index in [-0.39, 0.29) is 76.8 Å². The van der Waals surface area contributed by atoms with Crippen molar-refractivity contribution in [2.24, 2.45) is 11.5 Å². The number of nitrogens with two attached hydrogens (primary N) is 2. The standard InChI is InChI=1S/C44H60N14O8/c1-25(59)53-33-15-16-37(60)49-17-7-13-31(38(45)61)54-42(65)35(20-27-22-51-30-12-6-5-11-29(27)30)57-39(62)32(14-8-18-50-44(46)47)55-41(64)34(19-26-9-3-2-4-10-26)56-43(66)36(58-40(33)63)21-28-23-48-24-52-28/h2-6,9-12,22-24,31-36,43,51,56,66H,7-8,13-21H2,1H3,(H2,45,61)(H,48,52)(H,49,60)(H,53,59)(H,54,65)(H,55,64)(H,57,62)(H,58,63)(H4,46,47,50)/t31-,32-,33-,34+,35-,36-,43?/m0/s1. The highest BCUT2D eigenvalue weighted by Gasteiger charge is 2.34. The van der Waals surface area contributed by atoms with Gasteiger partial charge in [0.1, 0.15) is 30.4 Å². The number of nitrogens with zero attached hydrogens (tertiary/aromatic N) is 1. The van der Waals surface area contributed by atoms with Gasteiger partial charge in [-0.2, -0.15) is 0 Å². The average molecular weight is 913 g/mol. The highest BCUT2D eigenvalue weighted by Crippen LogP contribution is 2.20. The van der Waals surface area contributed by atoms with Crippen molar-refractivity contribution in [2.75, 3.05) is 13.1 Å². The van der Waals surface area contributed by atoms with Crippen LogP contribution in [-0.4, -0.2) is 123 Å². The molecule has 66 heavy (non-hydrogen) atoms. The number of H-pyrrole nitrogens is 2. The van der Waals surface area contributed by atoms with E-state index in [1.165, 1.54) is 13.3 Å². The van der Waals surface area contributed by atoms with Gasteiger partial charge in [-0.15, -0.1) is 0 Å². The van der Waals surface area contributed by atoms with Gasteiger partial charge >= 0.3 is 0 Å². The monoisotopic (exact) mass is 912 g/mol. The molecule has 1 saturated heterocycles. The lowest BCUT2D eigenvalue weighted by Gasteiger charge is -2.31. The molecular weight excluding hydrogens is 853 g/mol. The third kappa shape index (κ3) is 15.4. The maximum atomic E-state index is 14.5. The third-order valence-electron chi connectivity index (χ3n) is 11.0. The van der Waals surface area contributed by atoms with Crippen molar-refractivity contribution in [3.63, 3.8) is 0 Å². The first-order valence-electron chi connectivity index (χ1n) is 21.8. The van der Waals surface area contributed by atoms with Crippen molar-refractivity contribution in [1.29, 1.82) is 5.41 Å². The quantitative estimate of drug-likeness (QED) is 0.0420. The summed E-state index contributed by atoms with van der Waals surface area (Å²) in [5, 5.41) is 42.2. The van der Waals surface area contributed by atoms with Crippen LogP contribution in [0.25, 0.3) is 10.9 Å². The largest absolute Gasteiger partial charge is 0.376 e. The average Bonchev–Trinajstić information content (AvgIpc) is 3.96. The Balaban J connectivity index is 1.53. The van der Waals surface area contributed by atoms with Gasteiger partial charge in [-0.1, -0.05) is 48.5 Å². The van der Waals surface area contributed by atoms with Crippen molar-refractivity contribution in [3.8, 4) is 0 Å². The van der Waals surface area contributed by atoms with Crippen LogP contribution in [0.15, 0.2) is 73.3 Å². The number of guanidine groups is 1. The first-order chi connectivity index (χ1) is 31.7. The zero-order valence-corrected chi connectivity index (χ0v) is 36.7. The van der Waals surface area contributed by atoms with E-state index in [1.54, 1.807) is 42.7 Å². The minimum absolute atomic E-state index is 0.00209.